The average Bonchev–Trinajstić information content (AvgIpc) is 2.72. The number of guanidine groups is 2. The molecule has 0 radical (unpaired) electrons. The van der Waals surface area contributed by atoms with Crippen LogP contribution in [-0.2, 0) is 0 Å². The molecule has 2 amide bonds. The van der Waals surface area contributed by atoms with Crippen molar-refractivity contribution in [1.82, 2.24) is 5.43 Å². The Bertz CT molecular complexity index is 872. The summed E-state index contributed by atoms with van der Waals surface area (Å²) >= 11 is 0. The number of anilines is 2. The molecule has 0 saturated heterocycles. The third kappa shape index (κ3) is 8.25. The van der Waals surface area contributed by atoms with Gasteiger partial charge in [0.1, 0.15) is 0 Å². The van der Waals surface area contributed by atoms with E-state index >= 15 is 0 Å². The number of benzene rings is 2. The van der Waals surface area contributed by atoms with E-state index in [2.05, 4.69) is 15.5 Å². The molecule has 29 heavy (non-hydrogen) atoms. The van der Waals surface area contributed by atoms with Crippen molar-refractivity contribution in [3.63, 3.8) is 0 Å². The third-order valence-electron chi connectivity index (χ3n) is 3.05. The second-order valence-corrected chi connectivity index (χ2v) is 5.20. The molecule has 13 N–H and O–H groups in total. The summed E-state index contributed by atoms with van der Waals surface area (Å²) in [5.74, 6) is -1.46. The van der Waals surface area contributed by atoms with Crippen LogP contribution in [0.25, 0.3) is 0 Å². The summed E-state index contributed by atoms with van der Waals surface area (Å²) in [7, 11) is 0. The highest BCUT2D eigenvalue weighted by atomic mass is 16.5. The highest BCUT2D eigenvalue weighted by Crippen LogP contribution is 2.09. The number of nitrogens with two attached hydrogens (primary N) is 4. The molecule has 2 rings (SSSR count). The Morgan fingerprint density at radius 2 is 1.17 bits per heavy atom. The molecule has 0 aliphatic heterocycles. The molecule has 154 valence electrons. The van der Waals surface area contributed by atoms with Gasteiger partial charge in [-0.3, -0.25) is 31.0 Å². The number of hydrazone groups is 1. The lowest BCUT2D eigenvalue weighted by Gasteiger charge is -2.01. The average molecular weight is 403 g/mol. The minimum Gasteiger partial charge on any atom is -0.370 e. The fourth-order valence-corrected chi connectivity index (χ4v) is 1.75. The molecule has 2 aromatic carbocycles. The van der Waals surface area contributed by atoms with E-state index in [0.29, 0.717) is 22.5 Å². The Balaban J connectivity index is 0.000000291. The lowest BCUT2D eigenvalue weighted by molar-refractivity contribution is 0.0953. The van der Waals surface area contributed by atoms with Crippen molar-refractivity contribution < 1.29 is 20.0 Å². The Hall–Kier alpha value is -4.36. The normalized spacial score (nSPS) is 9.17. The van der Waals surface area contributed by atoms with E-state index in [1.54, 1.807) is 0 Å². The van der Waals surface area contributed by atoms with Crippen molar-refractivity contribution in [3.8, 4) is 0 Å². The van der Waals surface area contributed by atoms with Crippen molar-refractivity contribution in [2.45, 2.75) is 0 Å². The van der Waals surface area contributed by atoms with Gasteiger partial charge >= 0.3 is 0 Å². The molecule has 0 heterocycles. The van der Waals surface area contributed by atoms with E-state index in [1.165, 1.54) is 48.5 Å². The Kier molecular flexibility index (Phi) is 8.90. The van der Waals surface area contributed by atoms with Crippen LogP contribution in [-0.4, -0.2) is 34.1 Å². The topological polar surface area (TPSA) is 239 Å². The molecular formula is C16H21N9O4. The number of nitrogens with zero attached hydrogens (tertiary/aromatic N) is 2. The number of carbonyl (C=O) groups is 2. The van der Waals surface area contributed by atoms with Gasteiger partial charge in [-0.05, 0) is 48.5 Å². The molecule has 0 spiro atoms. The Morgan fingerprint density at radius 3 is 1.55 bits per heavy atom. The number of carbonyl (C=O) groups excluding carboxylic acids is 2. The molecule has 0 atom stereocenters. The number of hydrogen-bond acceptors (Lipinski definition) is 7. The number of nitrogens with one attached hydrogen (secondary N) is 3. The molecule has 0 unspecified atom stereocenters. The van der Waals surface area contributed by atoms with Crippen LogP contribution in [0.1, 0.15) is 20.7 Å². The second kappa shape index (κ2) is 11.4. The van der Waals surface area contributed by atoms with E-state index in [9.17, 15) is 9.59 Å². The monoisotopic (exact) mass is 403 g/mol. The van der Waals surface area contributed by atoms with E-state index in [-0.39, 0.29) is 11.9 Å². The summed E-state index contributed by atoms with van der Waals surface area (Å²) in [6.07, 6.45) is 0. The van der Waals surface area contributed by atoms with Crippen LogP contribution in [0.4, 0.5) is 11.4 Å². The van der Waals surface area contributed by atoms with Gasteiger partial charge in [-0.1, -0.05) is 0 Å². The van der Waals surface area contributed by atoms with Crippen LogP contribution < -0.4 is 39.3 Å². The van der Waals surface area contributed by atoms with Crippen LogP contribution >= 0.6 is 0 Å². The lowest BCUT2D eigenvalue weighted by Crippen LogP contribution is -2.28. The maximum Gasteiger partial charge on any atom is 0.280 e. The van der Waals surface area contributed by atoms with Gasteiger partial charge in [-0.2, -0.15) is 4.99 Å². The van der Waals surface area contributed by atoms with E-state index in [1.807, 2.05) is 11.0 Å². The number of amides is 2. The molecule has 2 aromatic rings. The maximum absolute atomic E-state index is 11.3. The van der Waals surface area contributed by atoms with E-state index < -0.39 is 11.8 Å². The van der Waals surface area contributed by atoms with Gasteiger partial charge in [0.2, 0.25) is 5.96 Å². The second-order valence-electron chi connectivity index (χ2n) is 5.20. The highest BCUT2D eigenvalue weighted by molar-refractivity contribution is 6.02. The zero-order chi connectivity index (χ0) is 21.8. The SMILES string of the molecule is NC(N)=NC(=O)c1ccc(NO)cc1.NC(N)=NNC(=O)c1ccc(NO)cc1. The molecule has 0 fully saturated rings. The zero-order valence-electron chi connectivity index (χ0n) is 15.0. The Morgan fingerprint density at radius 1 is 0.724 bits per heavy atom. The van der Waals surface area contributed by atoms with Crippen molar-refractivity contribution in [2.75, 3.05) is 11.0 Å². The summed E-state index contributed by atoms with van der Waals surface area (Å²) in [6.45, 7) is 0. The molecule has 0 saturated carbocycles. The molecule has 0 aliphatic rings. The number of aliphatic imine (C=N–C) groups is 1. The van der Waals surface area contributed by atoms with Gasteiger partial charge < -0.3 is 22.9 Å². The van der Waals surface area contributed by atoms with Gasteiger partial charge in [-0.25, -0.2) is 5.43 Å². The molecule has 0 aliphatic carbocycles. The van der Waals surface area contributed by atoms with Crippen molar-refractivity contribution >= 4 is 35.1 Å². The number of hydrogen-bond donors (Lipinski definition) is 9. The Labute approximate surface area is 165 Å². The molecule has 0 aromatic heterocycles. The third-order valence-corrected chi connectivity index (χ3v) is 3.05. The van der Waals surface area contributed by atoms with Gasteiger partial charge in [0.25, 0.3) is 11.8 Å². The van der Waals surface area contributed by atoms with Gasteiger partial charge in [0, 0.05) is 11.1 Å². The van der Waals surface area contributed by atoms with Crippen LogP contribution in [0, 0.1) is 0 Å². The van der Waals surface area contributed by atoms with Gasteiger partial charge in [0.15, 0.2) is 5.96 Å². The molecule has 13 heteroatoms. The van der Waals surface area contributed by atoms with Crippen LogP contribution in [0.2, 0.25) is 0 Å². The summed E-state index contributed by atoms with van der Waals surface area (Å²) in [6, 6.07) is 12.1. The minimum absolute atomic E-state index is 0.225. The first kappa shape index (κ1) is 22.7. The van der Waals surface area contributed by atoms with Gasteiger partial charge in [0.05, 0.1) is 11.4 Å². The summed E-state index contributed by atoms with van der Waals surface area (Å²) < 4.78 is 0. The summed E-state index contributed by atoms with van der Waals surface area (Å²) in [5, 5.41) is 20.4. The predicted octanol–water partition coefficient (Wildman–Crippen LogP) is -0.693. The highest BCUT2D eigenvalue weighted by Gasteiger charge is 2.04. The van der Waals surface area contributed by atoms with Crippen molar-refractivity contribution in [1.29, 1.82) is 0 Å². The minimum atomic E-state index is -0.519. The standard InChI is InChI=1S/C8H11N5O2.C8H10N4O2/c9-8(10)12-11-7(14)5-1-3-6(13-15)4-2-5;9-8(10)11-7(13)5-1-3-6(12-14)4-2-5/h1-4,13,15H,(H,11,14)(H4,9,10,12);1-4,12,14H,(H4,9,10,11,13). The molecule has 0 bridgehead atoms. The van der Waals surface area contributed by atoms with E-state index in [4.69, 9.17) is 33.3 Å². The predicted molar refractivity (Wildman–Crippen MR) is 107 cm³/mol. The number of rotatable bonds is 5. The van der Waals surface area contributed by atoms with E-state index in [0.717, 1.165) is 0 Å². The fourth-order valence-electron chi connectivity index (χ4n) is 1.75. The fraction of sp³-hybridized carbons (Fsp3) is 0. The maximum atomic E-state index is 11.3. The lowest BCUT2D eigenvalue weighted by atomic mass is 10.2. The van der Waals surface area contributed by atoms with Gasteiger partial charge in [-0.15, -0.1) is 5.10 Å². The molecular weight excluding hydrogens is 382 g/mol. The first-order valence-electron chi connectivity index (χ1n) is 7.80. The smallest absolute Gasteiger partial charge is 0.280 e. The first-order valence-corrected chi connectivity index (χ1v) is 7.80. The van der Waals surface area contributed by atoms with Crippen molar-refractivity contribution in [2.24, 2.45) is 33.0 Å². The van der Waals surface area contributed by atoms with Crippen LogP contribution in [0.3, 0.4) is 0 Å². The quantitative estimate of drug-likeness (QED) is 0.173. The largest absolute Gasteiger partial charge is 0.370 e. The van der Waals surface area contributed by atoms with Crippen LogP contribution in [0.15, 0.2) is 58.6 Å². The summed E-state index contributed by atoms with van der Waals surface area (Å²) in [5.41, 5.74) is 27.9. The summed E-state index contributed by atoms with van der Waals surface area (Å²) in [4.78, 5) is 25.9. The molecule has 13 nitrogen and oxygen atoms in total. The zero-order valence-corrected chi connectivity index (χ0v) is 15.0. The first-order chi connectivity index (χ1) is 13.8. The van der Waals surface area contributed by atoms with Crippen LogP contribution in [0.5, 0.6) is 0 Å². The van der Waals surface area contributed by atoms with Crippen molar-refractivity contribution in [3.05, 3.63) is 59.7 Å².